The van der Waals surface area contributed by atoms with Crippen molar-refractivity contribution < 1.29 is 9.84 Å². The van der Waals surface area contributed by atoms with Gasteiger partial charge in [-0.05, 0) is 50.4 Å². The van der Waals surface area contributed by atoms with E-state index in [9.17, 15) is 0 Å². The molecule has 0 bridgehead atoms. The molecule has 0 amide bonds. The second-order valence-electron chi connectivity index (χ2n) is 4.71. The van der Waals surface area contributed by atoms with Crippen molar-refractivity contribution in [1.29, 1.82) is 0 Å². The summed E-state index contributed by atoms with van der Waals surface area (Å²) in [5.74, 6) is 0. The van der Waals surface area contributed by atoms with Crippen LogP contribution in [0.25, 0.3) is 0 Å². The summed E-state index contributed by atoms with van der Waals surface area (Å²) < 4.78 is 5.22. The van der Waals surface area contributed by atoms with Crippen LogP contribution in [0.1, 0.15) is 36.1 Å². The molecule has 1 atom stereocenters. The molecule has 0 aliphatic carbocycles. The maximum absolute atomic E-state index is 8.57. The molecule has 0 spiro atoms. The van der Waals surface area contributed by atoms with E-state index in [1.165, 1.54) is 16.7 Å². The van der Waals surface area contributed by atoms with E-state index in [0.29, 0.717) is 19.3 Å². The second-order valence-corrected chi connectivity index (χ2v) is 4.71. The number of hydrogen-bond acceptors (Lipinski definition) is 3. The van der Waals surface area contributed by atoms with Crippen LogP contribution in [0.4, 0.5) is 0 Å². The molecule has 18 heavy (non-hydrogen) atoms. The lowest BCUT2D eigenvalue weighted by Gasteiger charge is -2.15. The van der Waals surface area contributed by atoms with Gasteiger partial charge in [0.2, 0.25) is 0 Å². The first-order valence-corrected chi connectivity index (χ1v) is 6.64. The van der Waals surface area contributed by atoms with Crippen molar-refractivity contribution in [2.75, 3.05) is 26.4 Å². The van der Waals surface area contributed by atoms with E-state index >= 15 is 0 Å². The molecule has 1 unspecified atom stereocenters. The number of ether oxygens (including phenoxy) is 1. The van der Waals surface area contributed by atoms with Gasteiger partial charge in [0.1, 0.15) is 0 Å². The van der Waals surface area contributed by atoms with Crippen LogP contribution in [0, 0.1) is 13.8 Å². The van der Waals surface area contributed by atoms with Crippen molar-refractivity contribution in [3.63, 3.8) is 0 Å². The first-order chi connectivity index (χ1) is 8.65. The minimum atomic E-state index is 0.104. The first kappa shape index (κ1) is 15.2. The standard InChI is InChI=1S/C15H25NO2/c1-12-5-6-15(11-13(12)2)14(3)16-7-4-9-18-10-8-17/h5-6,11,14,16-17H,4,7-10H2,1-3H3. The van der Waals surface area contributed by atoms with Gasteiger partial charge in [-0.25, -0.2) is 0 Å². The van der Waals surface area contributed by atoms with Crippen molar-refractivity contribution in [2.45, 2.75) is 33.2 Å². The number of rotatable bonds is 8. The lowest BCUT2D eigenvalue weighted by Crippen LogP contribution is -2.21. The van der Waals surface area contributed by atoms with Gasteiger partial charge in [-0.2, -0.15) is 0 Å². The normalized spacial score (nSPS) is 12.7. The molecule has 3 nitrogen and oxygen atoms in total. The summed E-state index contributed by atoms with van der Waals surface area (Å²) >= 11 is 0. The van der Waals surface area contributed by atoms with Gasteiger partial charge >= 0.3 is 0 Å². The van der Waals surface area contributed by atoms with E-state index < -0.39 is 0 Å². The molecule has 0 radical (unpaired) electrons. The fourth-order valence-corrected chi connectivity index (χ4v) is 1.81. The molecule has 0 aromatic heterocycles. The third kappa shape index (κ3) is 5.17. The van der Waals surface area contributed by atoms with E-state index in [-0.39, 0.29) is 6.61 Å². The Kier molecular flexibility index (Phi) is 6.94. The van der Waals surface area contributed by atoms with Crippen LogP contribution in [0.2, 0.25) is 0 Å². The Morgan fingerprint density at radius 2 is 2.00 bits per heavy atom. The van der Waals surface area contributed by atoms with Crippen LogP contribution in [0.5, 0.6) is 0 Å². The maximum Gasteiger partial charge on any atom is 0.0697 e. The Morgan fingerprint density at radius 1 is 1.22 bits per heavy atom. The van der Waals surface area contributed by atoms with Crippen molar-refractivity contribution in [3.05, 3.63) is 34.9 Å². The van der Waals surface area contributed by atoms with E-state index in [0.717, 1.165) is 13.0 Å². The van der Waals surface area contributed by atoms with Crippen LogP contribution in [0.3, 0.4) is 0 Å². The summed E-state index contributed by atoms with van der Waals surface area (Å²) in [5, 5.41) is 12.0. The minimum absolute atomic E-state index is 0.104. The van der Waals surface area contributed by atoms with E-state index in [2.05, 4.69) is 44.3 Å². The van der Waals surface area contributed by atoms with Crippen molar-refractivity contribution in [3.8, 4) is 0 Å². The summed E-state index contributed by atoms with van der Waals surface area (Å²) in [5.41, 5.74) is 4.00. The Morgan fingerprint density at radius 3 is 2.67 bits per heavy atom. The maximum atomic E-state index is 8.57. The number of hydrogen-bond donors (Lipinski definition) is 2. The highest BCUT2D eigenvalue weighted by Crippen LogP contribution is 2.16. The third-order valence-corrected chi connectivity index (χ3v) is 3.18. The number of nitrogens with one attached hydrogen (secondary N) is 1. The van der Waals surface area contributed by atoms with Gasteiger partial charge in [0.25, 0.3) is 0 Å². The van der Waals surface area contributed by atoms with Gasteiger partial charge in [-0.3, -0.25) is 0 Å². The van der Waals surface area contributed by atoms with Gasteiger partial charge in [-0.1, -0.05) is 18.2 Å². The topological polar surface area (TPSA) is 41.5 Å². The SMILES string of the molecule is Cc1ccc(C(C)NCCCOCCO)cc1C. The molecule has 0 saturated heterocycles. The molecule has 0 heterocycles. The molecule has 2 N–H and O–H groups in total. The van der Waals surface area contributed by atoms with E-state index in [1.54, 1.807) is 0 Å². The largest absolute Gasteiger partial charge is 0.394 e. The third-order valence-electron chi connectivity index (χ3n) is 3.18. The lowest BCUT2D eigenvalue weighted by atomic mass is 10.0. The lowest BCUT2D eigenvalue weighted by molar-refractivity contribution is 0.0904. The molecule has 1 aromatic carbocycles. The quantitative estimate of drug-likeness (QED) is 0.697. The number of aryl methyl sites for hydroxylation is 2. The summed E-state index contributed by atoms with van der Waals surface area (Å²) in [7, 11) is 0. The van der Waals surface area contributed by atoms with Crippen molar-refractivity contribution in [1.82, 2.24) is 5.32 Å². The zero-order valence-corrected chi connectivity index (χ0v) is 11.7. The summed E-state index contributed by atoms with van der Waals surface area (Å²) in [6, 6.07) is 6.97. The van der Waals surface area contributed by atoms with Gasteiger partial charge in [-0.15, -0.1) is 0 Å². The molecule has 102 valence electrons. The first-order valence-electron chi connectivity index (χ1n) is 6.64. The second kappa shape index (κ2) is 8.25. The van der Waals surface area contributed by atoms with Crippen LogP contribution in [-0.4, -0.2) is 31.5 Å². The molecule has 0 aliphatic heterocycles. The Bertz CT molecular complexity index is 352. The van der Waals surface area contributed by atoms with Crippen LogP contribution >= 0.6 is 0 Å². The molecule has 1 aromatic rings. The highest BCUT2D eigenvalue weighted by Gasteiger charge is 2.05. The van der Waals surface area contributed by atoms with Crippen molar-refractivity contribution >= 4 is 0 Å². The summed E-state index contributed by atoms with van der Waals surface area (Å²) in [4.78, 5) is 0. The van der Waals surface area contributed by atoms with Gasteiger partial charge in [0.05, 0.1) is 13.2 Å². The Hall–Kier alpha value is -0.900. The summed E-state index contributed by atoms with van der Waals surface area (Å²) in [6.45, 7) is 8.63. The van der Waals surface area contributed by atoms with Gasteiger partial charge < -0.3 is 15.2 Å². The number of aliphatic hydroxyl groups excluding tert-OH is 1. The van der Waals surface area contributed by atoms with E-state index in [4.69, 9.17) is 9.84 Å². The highest BCUT2D eigenvalue weighted by molar-refractivity contribution is 5.31. The monoisotopic (exact) mass is 251 g/mol. The predicted molar refractivity (Wildman–Crippen MR) is 74.9 cm³/mol. The smallest absolute Gasteiger partial charge is 0.0697 e. The fourth-order valence-electron chi connectivity index (χ4n) is 1.81. The van der Waals surface area contributed by atoms with Crippen LogP contribution in [0.15, 0.2) is 18.2 Å². The Labute approximate surface area is 110 Å². The average molecular weight is 251 g/mol. The molecule has 0 saturated carbocycles. The zero-order chi connectivity index (χ0) is 13.4. The fraction of sp³-hybridized carbons (Fsp3) is 0.600. The van der Waals surface area contributed by atoms with E-state index in [1.807, 2.05) is 0 Å². The Balaban J connectivity index is 2.27. The average Bonchev–Trinajstić information content (AvgIpc) is 2.36. The molecule has 1 rings (SSSR count). The zero-order valence-electron chi connectivity index (χ0n) is 11.7. The molecule has 0 aliphatic rings. The molecule has 3 heteroatoms. The van der Waals surface area contributed by atoms with Gasteiger partial charge in [0, 0.05) is 12.6 Å². The summed E-state index contributed by atoms with van der Waals surface area (Å²) in [6.07, 6.45) is 0.967. The molecular weight excluding hydrogens is 226 g/mol. The molecule has 0 fully saturated rings. The van der Waals surface area contributed by atoms with Crippen molar-refractivity contribution in [2.24, 2.45) is 0 Å². The predicted octanol–water partition coefficient (Wildman–Crippen LogP) is 2.35. The number of benzene rings is 1. The minimum Gasteiger partial charge on any atom is -0.394 e. The van der Waals surface area contributed by atoms with Crippen LogP contribution in [-0.2, 0) is 4.74 Å². The van der Waals surface area contributed by atoms with Crippen LogP contribution < -0.4 is 5.32 Å². The molecular formula is C15H25NO2. The van der Waals surface area contributed by atoms with Gasteiger partial charge in [0.15, 0.2) is 0 Å². The highest BCUT2D eigenvalue weighted by atomic mass is 16.5. The number of aliphatic hydroxyl groups is 1.